The van der Waals surface area contributed by atoms with E-state index in [0.717, 1.165) is 24.0 Å². The van der Waals surface area contributed by atoms with Crippen molar-refractivity contribution in [3.63, 3.8) is 0 Å². The van der Waals surface area contributed by atoms with Crippen molar-refractivity contribution in [2.75, 3.05) is 20.6 Å². The Morgan fingerprint density at radius 1 is 1.56 bits per heavy atom. The highest BCUT2D eigenvalue weighted by Crippen LogP contribution is 2.28. The Hall–Kier alpha value is -1.25. The molecule has 0 saturated heterocycles. The summed E-state index contributed by atoms with van der Waals surface area (Å²) in [5.74, 6) is 1.70. The number of hydrogen-bond acceptors (Lipinski definition) is 3. The lowest BCUT2D eigenvalue weighted by atomic mass is 9.85. The van der Waals surface area contributed by atoms with Gasteiger partial charge in [0.05, 0.1) is 5.70 Å². The second-order valence-corrected chi connectivity index (χ2v) is 4.32. The average Bonchev–Trinajstić information content (AvgIpc) is 2.23. The first-order valence-corrected chi connectivity index (χ1v) is 5.95. The quantitative estimate of drug-likeness (QED) is 0.551. The molecule has 1 rings (SSSR count). The van der Waals surface area contributed by atoms with Gasteiger partial charge in [-0.05, 0) is 38.5 Å². The van der Waals surface area contributed by atoms with E-state index in [1.54, 1.807) is 0 Å². The third-order valence-corrected chi connectivity index (χ3v) is 3.13. The minimum atomic E-state index is 0.847. The molecule has 0 atom stereocenters. The highest BCUT2D eigenvalue weighted by atomic mass is 15.1. The minimum Gasteiger partial charge on any atom is -0.371 e. The van der Waals surface area contributed by atoms with Crippen LogP contribution in [-0.4, -0.2) is 32.3 Å². The molecule has 1 aliphatic carbocycles. The first-order valence-electron chi connectivity index (χ1n) is 5.95. The Bertz CT molecular complexity index is 288. The highest BCUT2D eigenvalue weighted by Gasteiger charge is 2.20. The molecule has 0 aromatic carbocycles. The Labute approximate surface area is 98.9 Å². The van der Waals surface area contributed by atoms with Crippen LogP contribution in [0.25, 0.3) is 0 Å². The summed E-state index contributed by atoms with van der Waals surface area (Å²) < 4.78 is 0. The summed E-state index contributed by atoms with van der Waals surface area (Å²) in [4.78, 5) is 6.29. The first-order chi connectivity index (χ1) is 7.72. The molecule has 1 aliphatic rings. The molecule has 1 N–H and O–H groups in total. The standard InChI is InChI=1S/C13H23N3/c1-5-7-12(13(14-2)15-3)16(4)10-11-8-6-9-11/h5,7,11,15H,2,6,8-10H2,1,3-4H3/b7-5-,13-12-. The molecular formula is C13H23N3. The zero-order valence-corrected chi connectivity index (χ0v) is 10.7. The van der Waals surface area contributed by atoms with Crippen molar-refractivity contribution in [1.82, 2.24) is 10.2 Å². The molecule has 0 spiro atoms. The number of hydrogen-bond donors (Lipinski definition) is 1. The third-order valence-electron chi connectivity index (χ3n) is 3.13. The highest BCUT2D eigenvalue weighted by molar-refractivity contribution is 5.33. The maximum Gasteiger partial charge on any atom is 0.148 e. The largest absolute Gasteiger partial charge is 0.371 e. The van der Waals surface area contributed by atoms with Crippen LogP contribution in [0.5, 0.6) is 0 Å². The van der Waals surface area contributed by atoms with Gasteiger partial charge in [-0.25, -0.2) is 4.99 Å². The molecule has 1 saturated carbocycles. The van der Waals surface area contributed by atoms with Crippen LogP contribution in [-0.2, 0) is 0 Å². The van der Waals surface area contributed by atoms with E-state index in [-0.39, 0.29) is 0 Å². The van der Waals surface area contributed by atoms with E-state index in [2.05, 4.69) is 35.1 Å². The normalized spacial score (nSPS) is 17.9. The lowest BCUT2D eigenvalue weighted by molar-refractivity contribution is 0.237. The molecule has 0 bridgehead atoms. The van der Waals surface area contributed by atoms with Gasteiger partial charge in [0.1, 0.15) is 5.82 Å². The van der Waals surface area contributed by atoms with Gasteiger partial charge in [-0.15, -0.1) is 0 Å². The van der Waals surface area contributed by atoms with Crippen LogP contribution in [0.15, 0.2) is 28.7 Å². The summed E-state index contributed by atoms with van der Waals surface area (Å²) in [7, 11) is 4.00. The predicted octanol–water partition coefficient (Wildman–Crippen LogP) is 2.38. The number of nitrogens with zero attached hydrogens (tertiary/aromatic N) is 2. The van der Waals surface area contributed by atoms with Crippen LogP contribution in [0, 0.1) is 5.92 Å². The van der Waals surface area contributed by atoms with Gasteiger partial charge >= 0.3 is 0 Å². The first kappa shape index (κ1) is 12.8. The molecule has 0 heterocycles. The van der Waals surface area contributed by atoms with Gasteiger partial charge in [-0.3, -0.25) is 0 Å². The fraction of sp³-hybridized carbons (Fsp3) is 0.615. The van der Waals surface area contributed by atoms with Crippen molar-refractivity contribution in [2.24, 2.45) is 10.9 Å². The number of likely N-dealkylation sites (N-methyl/N-ethyl adjacent to an activating group) is 1. The Kier molecular flexibility index (Phi) is 5.09. The van der Waals surface area contributed by atoms with E-state index < -0.39 is 0 Å². The van der Waals surface area contributed by atoms with E-state index in [9.17, 15) is 0 Å². The van der Waals surface area contributed by atoms with Gasteiger partial charge in [-0.1, -0.05) is 12.5 Å². The van der Waals surface area contributed by atoms with Crippen LogP contribution in [0.4, 0.5) is 0 Å². The van der Waals surface area contributed by atoms with Gasteiger partial charge in [0.2, 0.25) is 0 Å². The molecule has 0 amide bonds. The summed E-state index contributed by atoms with van der Waals surface area (Å²) >= 11 is 0. The molecule has 0 aromatic rings. The number of nitrogens with one attached hydrogen (secondary N) is 1. The summed E-state index contributed by atoms with van der Waals surface area (Å²) in [6, 6.07) is 0. The zero-order chi connectivity index (χ0) is 12.0. The number of allylic oxidation sites excluding steroid dienone is 2. The molecule has 16 heavy (non-hydrogen) atoms. The lowest BCUT2D eigenvalue weighted by Gasteiger charge is -2.32. The molecule has 3 heteroatoms. The van der Waals surface area contributed by atoms with Crippen molar-refractivity contribution >= 4 is 6.72 Å². The van der Waals surface area contributed by atoms with E-state index in [0.29, 0.717) is 0 Å². The van der Waals surface area contributed by atoms with Gasteiger partial charge < -0.3 is 10.2 Å². The number of aliphatic imine (C=N–C) groups is 1. The van der Waals surface area contributed by atoms with E-state index in [4.69, 9.17) is 0 Å². The summed E-state index contributed by atoms with van der Waals surface area (Å²) in [6.45, 7) is 6.73. The predicted molar refractivity (Wildman–Crippen MR) is 70.4 cm³/mol. The SMILES string of the molecule is C=N/C(NC)=C(\C=C/C)N(C)CC1CCC1. The fourth-order valence-electron chi connectivity index (χ4n) is 1.99. The molecule has 90 valence electrons. The van der Waals surface area contributed by atoms with Crippen molar-refractivity contribution in [3.8, 4) is 0 Å². The van der Waals surface area contributed by atoms with Crippen molar-refractivity contribution in [3.05, 3.63) is 23.7 Å². The van der Waals surface area contributed by atoms with E-state index in [1.165, 1.54) is 19.3 Å². The Morgan fingerprint density at radius 3 is 2.62 bits per heavy atom. The molecule has 0 aliphatic heterocycles. The zero-order valence-electron chi connectivity index (χ0n) is 10.7. The van der Waals surface area contributed by atoms with Crippen LogP contribution in [0.2, 0.25) is 0 Å². The van der Waals surface area contributed by atoms with Gasteiger partial charge in [-0.2, -0.15) is 0 Å². The smallest absolute Gasteiger partial charge is 0.148 e. The molecule has 1 fully saturated rings. The van der Waals surface area contributed by atoms with Crippen LogP contribution < -0.4 is 5.32 Å². The summed E-state index contributed by atoms with van der Waals surface area (Å²) in [5, 5.41) is 3.08. The molecule has 3 nitrogen and oxygen atoms in total. The molecule has 0 radical (unpaired) electrons. The minimum absolute atomic E-state index is 0.847. The maximum atomic E-state index is 4.02. The van der Waals surface area contributed by atoms with Gasteiger partial charge in [0.15, 0.2) is 0 Å². The van der Waals surface area contributed by atoms with Crippen LogP contribution >= 0.6 is 0 Å². The fourth-order valence-corrected chi connectivity index (χ4v) is 1.99. The number of rotatable bonds is 6. The average molecular weight is 221 g/mol. The molecule has 0 aromatic heterocycles. The van der Waals surface area contributed by atoms with E-state index >= 15 is 0 Å². The van der Waals surface area contributed by atoms with Crippen molar-refractivity contribution in [2.45, 2.75) is 26.2 Å². The Balaban J connectivity index is 2.74. The summed E-state index contributed by atoms with van der Waals surface area (Å²) in [6.07, 6.45) is 8.24. The summed E-state index contributed by atoms with van der Waals surface area (Å²) in [5.41, 5.74) is 1.12. The van der Waals surface area contributed by atoms with Crippen molar-refractivity contribution in [1.29, 1.82) is 0 Å². The van der Waals surface area contributed by atoms with Gasteiger partial charge in [0.25, 0.3) is 0 Å². The molecule has 0 unspecified atom stereocenters. The van der Waals surface area contributed by atoms with Crippen molar-refractivity contribution < 1.29 is 0 Å². The van der Waals surface area contributed by atoms with Crippen LogP contribution in [0.1, 0.15) is 26.2 Å². The lowest BCUT2D eigenvalue weighted by Crippen LogP contribution is -2.30. The van der Waals surface area contributed by atoms with E-state index in [1.807, 2.05) is 20.0 Å². The second-order valence-electron chi connectivity index (χ2n) is 4.32. The Morgan fingerprint density at radius 2 is 2.25 bits per heavy atom. The van der Waals surface area contributed by atoms with Crippen LogP contribution in [0.3, 0.4) is 0 Å². The topological polar surface area (TPSA) is 27.6 Å². The third kappa shape index (κ3) is 3.12. The molecular weight excluding hydrogens is 198 g/mol. The monoisotopic (exact) mass is 221 g/mol. The maximum absolute atomic E-state index is 4.02. The second kappa shape index (κ2) is 6.36. The van der Waals surface area contributed by atoms with Gasteiger partial charge in [0, 0.05) is 20.6 Å².